The van der Waals surface area contributed by atoms with Crippen molar-refractivity contribution in [3.63, 3.8) is 0 Å². The van der Waals surface area contributed by atoms with Crippen molar-refractivity contribution in [3.8, 4) is 5.88 Å². The number of hydrogen-bond acceptors (Lipinski definition) is 3. The number of ketones is 1. The van der Waals surface area contributed by atoms with E-state index in [2.05, 4.69) is 11.6 Å². The lowest BCUT2D eigenvalue weighted by atomic mass is 10.0. The van der Waals surface area contributed by atoms with E-state index in [0.29, 0.717) is 17.9 Å². The molecule has 0 saturated heterocycles. The van der Waals surface area contributed by atoms with Crippen molar-refractivity contribution in [2.75, 3.05) is 7.11 Å². The van der Waals surface area contributed by atoms with Crippen LogP contribution in [-0.4, -0.2) is 17.9 Å². The maximum atomic E-state index is 11.8. The predicted octanol–water partition coefficient (Wildman–Crippen LogP) is 2.63. The van der Waals surface area contributed by atoms with Gasteiger partial charge in [0, 0.05) is 12.6 Å². The van der Waals surface area contributed by atoms with E-state index < -0.39 is 0 Å². The molecule has 0 saturated carbocycles. The molecule has 0 N–H and O–H groups in total. The smallest absolute Gasteiger partial charge is 0.224 e. The van der Waals surface area contributed by atoms with E-state index >= 15 is 0 Å². The second kappa shape index (κ2) is 5.29. The van der Waals surface area contributed by atoms with Crippen LogP contribution in [0.5, 0.6) is 5.88 Å². The molecule has 0 aliphatic rings. The summed E-state index contributed by atoms with van der Waals surface area (Å²) in [6.07, 6.45) is 2.77. The Kier molecular flexibility index (Phi) is 4.03. The zero-order chi connectivity index (χ0) is 11.3. The van der Waals surface area contributed by atoms with Crippen molar-refractivity contribution in [3.05, 3.63) is 36.0 Å². The van der Waals surface area contributed by atoms with Crippen molar-refractivity contribution in [2.24, 2.45) is 0 Å². The van der Waals surface area contributed by atoms with E-state index in [1.54, 1.807) is 18.3 Å². The largest absolute Gasteiger partial charge is 0.480 e. The first-order valence-corrected chi connectivity index (χ1v) is 4.87. The van der Waals surface area contributed by atoms with Crippen molar-refractivity contribution < 1.29 is 9.53 Å². The molecule has 0 aliphatic carbocycles. The third-order valence-corrected chi connectivity index (χ3v) is 2.18. The lowest BCUT2D eigenvalue weighted by Crippen LogP contribution is -2.04. The Labute approximate surface area is 89.8 Å². The van der Waals surface area contributed by atoms with Gasteiger partial charge in [0.15, 0.2) is 5.78 Å². The minimum absolute atomic E-state index is 0.00630. The summed E-state index contributed by atoms with van der Waals surface area (Å²) in [5.41, 5.74) is 1.44. The van der Waals surface area contributed by atoms with Crippen LogP contribution in [0.2, 0.25) is 0 Å². The van der Waals surface area contributed by atoms with Gasteiger partial charge in [0.1, 0.15) is 0 Å². The highest BCUT2D eigenvalue weighted by Gasteiger charge is 2.12. The summed E-state index contributed by atoms with van der Waals surface area (Å²) in [6, 6.07) is 3.45. The van der Waals surface area contributed by atoms with Crippen LogP contribution in [0, 0.1) is 0 Å². The molecule has 80 valence electrons. The third-order valence-electron chi connectivity index (χ3n) is 2.18. The topological polar surface area (TPSA) is 39.2 Å². The van der Waals surface area contributed by atoms with Gasteiger partial charge in [-0.25, -0.2) is 4.98 Å². The number of hydrogen-bond donors (Lipinski definition) is 0. The summed E-state index contributed by atoms with van der Waals surface area (Å²) in [6.45, 7) is 5.79. The first kappa shape index (κ1) is 11.4. The van der Waals surface area contributed by atoms with Crippen LogP contribution in [0.25, 0.3) is 0 Å². The van der Waals surface area contributed by atoms with Gasteiger partial charge in [0.2, 0.25) is 5.88 Å². The fourth-order valence-electron chi connectivity index (χ4n) is 1.21. The average molecular weight is 205 g/mol. The highest BCUT2D eigenvalue weighted by molar-refractivity contribution is 5.99. The monoisotopic (exact) mass is 205 g/mol. The quantitative estimate of drug-likeness (QED) is 0.548. The number of rotatable bonds is 5. The van der Waals surface area contributed by atoms with Crippen LogP contribution >= 0.6 is 0 Å². The summed E-state index contributed by atoms with van der Waals surface area (Å²) >= 11 is 0. The summed E-state index contributed by atoms with van der Waals surface area (Å²) in [5.74, 6) is 0.387. The Morgan fingerprint density at radius 2 is 2.33 bits per heavy atom. The van der Waals surface area contributed by atoms with Crippen LogP contribution in [0.4, 0.5) is 0 Å². The van der Waals surface area contributed by atoms with Crippen molar-refractivity contribution in [2.45, 2.75) is 19.8 Å². The SMILES string of the molecule is C=C(CC)CC(=O)c1cccnc1OC. The van der Waals surface area contributed by atoms with Gasteiger partial charge in [-0.05, 0) is 18.6 Å². The molecule has 0 radical (unpaired) electrons. The Bertz CT molecular complexity index is 372. The zero-order valence-corrected chi connectivity index (χ0v) is 9.12. The maximum Gasteiger partial charge on any atom is 0.224 e. The summed E-state index contributed by atoms with van der Waals surface area (Å²) in [5, 5.41) is 0. The second-order valence-electron chi connectivity index (χ2n) is 3.26. The number of pyridine rings is 1. The Hall–Kier alpha value is -1.64. The van der Waals surface area contributed by atoms with E-state index in [1.807, 2.05) is 6.92 Å². The molecule has 1 heterocycles. The van der Waals surface area contributed by atoms with Crippen LogP contribution in [0.3, 0.4) is 0 Å². The van der Waals surface area contributed by atoms with E-state index in [4.69, 9.17) is 4.74 Å². The molecule has 0 fully saturated rings. The first-order valence-electron chi connectivity index (χ1n) is 4.87. The molecule has 0 spiro atoms. The molecule has 3 heteroatoms. The molecule has 0 bridgehead atoms. The van der Waals surface area contributed by atoms with Gasteiger partial charge < -0.3 is 4.74 Å². The Morgan fingerprint density at radius 1 is 1.60 bits per heavy atom. The molecule has 0 aliphatic heterocycles. The number of aromatic nitrogens is 1. The normalized spacial score (nSPS) is 9.73. The van der Waals surface area contributed by atoms with Gasteiger partial charge in [-0.2, -0.15) is 0 Å². The number of nitrogens with zero attached hydrogens (tertiary/aromatic N) is 1. The molecular weight excluding hydrogens is 190 g/mol. The Balaban J connectivity index is 2.86. The summed E-state index contributed by atoms with van der Waals surface area (Å²) in [4.78, 5) is 15.8. The van der Waals surface area contributed by atoms with Gasteiger partial charge >= 0.3 is 0 Å². The van der Waals surface area contributed by atoms with Gasteiger partial charge in [-0.3, -0.25) is 4.79 Å². The van der Waals surface area contributed by atoms with E-state index in [0.717, 1.165) is 12.0 Å². The molecule has 0 unspecified atom stereocenters. The molecule has 1 aromatic rings. The molecule has 1 aromatic heterocycles. The highest BCUT2D eigenvalue weighted by atomic mass is 16.5. The van der Waals surface area contributed by atoms with Gasteiger partial charge in [0.25, 0.3) is 0 Å². The summed E-state index contributed by atoms with van der Waals surface area (Å²) < 4.78 is 5.02. The van der Waals surface area contributed by atoms with Gasteiger partial charge in [-0.1, -0.05) is 19.1 Å². The molecule has 0 atom stereocenters. The maximum absolute atomic E-state index is 11.8. The van der Waals surface area contributed by atoms with Crippen molar-refractivity contribution >= 4 is 5.78 Å². The first-order chi connectivity index (χ1) is 7.19. The number of ether oxygens (including phenoxy) is 1. The average Bonchev–Trinajstić information content (AvgIpc) is 2.28. The van der Waals surface area contributed by atoms with Crippen LogP contribution in [0.15, 0.2) is 30.5 Å². The van der Waals surface area contributed by atoms with Gasteiger partial charge in [-0.15, -0.1) is 0 Å². The van der Waals surface area contributed by atoms with E-state index in [9.17, 15) is 4.79 Å². The third kappa shape index (κ3) is 2.91. The molecule has 0 aromatic carbocycles. The molecule has 15 heavy (non-hydrogen) atoms. The Morgan fingerprint density at radius 3 is 2.93 bits per heavy atom. The molecule has 1 rings (SSSR count). The minimum atomic E-state index is 0.00630. The second-order valence-corrected chi connectivity index (χ2v) is 3.26. The molecule has 0 amide bonds. The van der Waals surface area contributed by atoms with Crippen molar-refractivity contribution in [1.29, 1.82) is 0 Å². The number of Topliss-reactive ketones (excluding diaryl/α,β-unsaturated/α-hetero) is 1. The fourth-order valence-corrected chi connectivity index (χ4v) is 1.21. The lowest BCUT2D eigenvalue weighted by Gasteiger charge is -2.06. The minimum Gasteiger partial charge on any atom is -0.480 e. The molecule has 3 nitrogen and oxygen atoms in total. The van der Waals surface area contributed by atoms with Crippen LogP contribution in [0.1, 0.15) is 30.1 Å². The fraction of sp³-hybridized carbons (Fsp3) is 0.333. The summed E-state index contributed by atoms with van der Waals surface area (Å²) in [7, 11) is 1.51. The lowest BCUT2D eigenvalue weighted by molar-refractivity contribution is 0.0988. The number of carbonyl (C=O) groups is 1. The molecular formula is C12H15NO2. The number of methoxy groups -OCH3 is 1. The van der Waals surface area contributed by atoms with Crippen LogP contribution in [-0.2, 0) is 0 Å². The number of carbonyl (C=O) groups excluding carboxylic acids is 1. The standard InChI is InChI=1S/C12H15NO2/c1-4-9(2)8-11(14)10-6-5-7-13-12(10)15-3/h5-7H,2,4,8H2,1,3H3. The zero-order valence-electron chi connectivity index (χ0n) is 9.12. The van der Waals surface area contributed by atoms with Crippen LogP contribution < -0.4 is 4.74 Å². The van der Waals surface area contributed by atoms with E-state index in [-0.39, 0.29) is 5.78 Å². The highest BCUT2D eigenvalue weighted by Crippen LogP contribution is 2.18. The predicted molar refractivity (Wildman–Crippen MR) is 59.2 cm³/mol. The van der Waals surface area contributed by atoms with Gasteiger partial charge in [0.05, 0.1) is 12.7 Å². The van der Waals surface area contributed by atoms with E-state index in [1.165, 1.54) is 7.11 Å². The van der Waals surface area contributed by atoms with Crippen molar-refractivity contribution in [1.82, 2.24) is 4.98 Å². The number of allylic oxidation sites excluding steroid dienone is 1.